The van der Waals surface area contributed by atoms with E-state index in [1.165, 1.54) is 37.7 Å². The van der Waals surface area contributed by atoms with Gasteiger partial charge in [0.1, 0.15) is 0 Å². The third-order valence-corrected chi connectivity index (χ3v) is 8.21. The first-order valence-electron chi connectivity index (χ1n) is 11.4. The number of hydrogen-bond acceptors (Lipinski definition) is 3. The molecule has 1 heterocycles. The highest BCUT2D eigenvalue weighted by Crippen LogP contribution is 2.71. The number of benzene rings is 1. The molecule has 0 spiro atoms. The molecule has 3 unspecified atom stereocenters. The zero-order valence-electron chi connectivity index (χ0n) is 17.3. The number of carbonyl (C=O) groups is 1. The van der Waals surface area contributed by atoms with Gasteiger partial charge in [-0.1, -0.05) is 43.7 Å². The number of amides is 1. The lowest BCUT2D eigenvalue weighted by Gasteiger charge is -2.66. The molecular formula is C24H35N3O. The predicted octanol–water partition coefficient (Wildman–Crippen LogP) is 3.63. The summed E-state index contributed by atoms with van der Waals surface area (Å²) in [4.78, 5) is 13.7. The molecular weight excluding hydrogens is 346 g/mol. The van der Waals surface area contributed by atoms with Crippen LogP contribution < -0.4 is 10.7 Å². The van der Waals surface area contributed by atoms with Gasteiger partial charge in [0.05, 0.1) is 5.41 Å². The Kier molecular flexibility index (Phi) is 4.55. The summed E-state index contributed by atoms with van der Waals surface area (Å²) < 4.78 is 0. The molecule has 152 valence electrons. The maximum absolute atomic E-state index is 13.7. The van der Waals surface area contributed by atoms with E-state index >= 15 is 0 Å². The van der Waals surface area contributed by atoms with Crippen LogP contribution in [-0.4, -0.2) is 37.1 Å². The second-order valence-corrected chi connectivity index (χ2v) is 10.4. The van der Waals surface area contributed by atoms with E-state index in [-0.39, 0.29) is 10.8 Å². The first-order valence-corrected chi connectivity index (χ1v) is 11.4. The van der Waals surface area contributed by atoms with E-state index in [2.05, 4.69) is 53.0 Å². The Labute approximate surface area is 169 Å². The van der Waals surface area contributed by atoms with Crippen molar-refractivity contribution in [1.82, 2.24) is 15.8 Å². The molecule has 4 aliphatic carbocycles. The Morgan fingerprint density at radius 2 is 1.89 bits per heavy atom. The van der Waals surface area contributed by atoms with Crippen molar-refractivity contribution in [3.05, 3.63) is 35.9 Å². The molecule has 1 aromatic rings. The molecule has 1 saturated heterocycles. The predicted molar refractivity (Wildman–Crippen MR) is 112 cm³/mol. The van der Waals surface area contributed by atoms with Gasteiger partial charge >= 0.3 is 0 Å². The van der Waals surface area contributed by atoms with E-state index in [4.69, 9.17) is 0 Å². The molecule has 4 atom stereocenters. The van der Waals surface area contributed by atoms with Gasteiger partial charge in [-0.15, -0.1) is 0 Å². The molecule has 0 radical (unpaired) electrons. The number of hydrazine groups is 1. The molecule has 2 N–H and O–H groups in total. The zero-order chi connectivity index (χ0) is 19.2. The number of nitrogens with zero attached hydrogens (tertiary/aromatic N) is 1. The van der Waals surface area contributed by atoms with Gasteiger partial charge in [-0.3, -0.25) is 10.2 Å². The Hall–Kier alpha value is -1.39. The van der Waals surface area contributed by atoms with Crippen LogP contribution in [0.5, 0.6) is 0 Å². The third kappa shape index (κ3) is 3.00. The van der Waals surface area contributed by atoms with Crippen molar-refractivity contribution in [3.8, 4) is 0 Å². The van der Waals surface area contributed by atoms with Crippen LogP contribution in [0.4, 0.5) is 0 Å². The summed E-state index contributed by atoms with van der Waals surface area (Å²) in [5.41, 5.74) is 5.24. The highest BCUT2D eigenvalue weighted by Gasteiger charge is 2.65. The van der Waals surface area contributed by atoms with Crippen molar-refractivity contribution in [2.75, 3.05) is 26.2 Å². The molecule has 4 saturated carbocycles. The van der Waals surface area contributed by atoms with Crippen molar-refractivity contribution in [3.63, 3.8) is 0 Å². The van der Waals surface area contributed by atoms with E-state index in [1.54, 1.807) is 0 Å². The van der Waals surface area contributed by atoms with Crippen LogP contribution in [0.15, 0.2) is 30.3 Å². The SMILES string of the molecule is CCCC12CC3CC(C(=O)NN4CCNCC4)(C1)C[C@@](c1ccccc1)(C3)C2. The molecule has 5 fully saturated rings. The average molecular weight is 382 g/mol. The van der Waals surface area contributed by atoms with Crippen molar-refractivity contribution in [2.45, 2.75) is 63.7 Å². The average Bonchev–Trinajstić information content (AvgIpc) is 2.68. The van der Waals surface area contributed by atoms with Crippen molar-refractivity contribution < 1.29 is 4.79 Å². The molecule has 1 amide bonds. The Morgan fingerprint density at radius 3 is 2.64 bits per heavy atom. The fourth-order valence-corrected chi connectivity index (χ4v) is 7.85. The molecule has 1 aliphatic heterocycles. The summed E-state index contributed by atoms with van der Waals surface area (Å²) in [6.07, 6.45) is 9.68. The van der Waals surface area contributed by atoms with Gasteiger partial charge < -0.3 is 5.32 Å². The van der Waals surface area contributed by atoms with E-state index < -0.39 is 0 Å². The number of piperazine rings is 1. The fourth-order valence-electron chi connectivity index (χ4n) is 7.85. The normalized spacial score (nSPS) is 39.8. The number of nitrogens with one attached hydrogen (secondary N) is 2. The highest BCUT2D eigenvalue weighted by molar-refractivity contribution is 5.83. The van der Waals surface area contributed by atoms with Gasteiger partial charge in [0.2, 0.25) is 5.91 Å². The molecule has 4 nitrogen and oxygen atoms in total. The number of hydrogen-bond donors (Lipinski definition) is 2. The van der Waals surface area contributed by atoms with Crippen LogP contribution in [-0.2, 0) is 10.2 Å². The second-order valence-electron chi connectivity index (χ2n) is 10.4. The molecule has 0 aromatic heterocycles. The lowest BCUT2D eigenvalue weighted by molar-refractivity contribution is -0.168. The smallest absolute Gasteiger partial charge is 0.240 e. The topological polar surface area (TPSA) is 44.4 Å². The monoisotopic (exact) mass is 381 g/mol. The molecule has 5 aliphatic rings. The van der Waals surface area contributed by atoms with Crippen molar-refractivity contribution in [1.29, 1.82) is 0 Å². The van der Waals surface area contributed by atoms with Gasteiger partial charge in [-0.05, 0) is 67.3 Å². The quantitative estimate of drug-likeness (QED) is 0.819. The zero-order valence-corrected chi connectivity index (χ0v) is 17.3. The van der Waals surface area contributed by atoms with E-state index in [1.807, 2.05) is 0 Å². The Balaban J connectivity index is 1.49. The number of carbonyl (C=O) groups excluding carboxylic acids is 1. The summed E-state index contributed by atoms with van der Waals surface area (Å²) in [5, 5.41) is 5.53. The maximum Gasteiger partial charge on any atom is 0.240 e. The van der Waals surface area contributed by atoms with Crippen LogP contribution in [0.2, 0.25) is 0 Å². The van der Waals surface area contributed by atoms with Crippen LogP contribution in [0.1, 0.15) is 63.9 Å². The first kappa shape index (κ1) is 18.6. The van der Waals surface area contributed by atoms with Gasteiger partial charge in [0.15, 0.2) is 0 Å². The first-order chi connectivity index (χ1) is 13.6. The Bertz CT molecular complexity index is 731. The molecule has 6 rings (SSSR count). The van der Waals surface area contributed by atoms with Crippen molar-refractivity contribution >= 4 is 5.91 Å². The molecule has 4 bridgehead atoms. The minimum absolute atomic E-state index is 0.171. The molecule has 28 heavy (non-hydrogen) atoms. The van der Waals surface area contributed by atoms with Crippen molar-refractivity contribution in [2.24, 2.45) is 16.7 Å². The van der Waals surface area contributed by atoms with Crippen LogP contribution >= 0.6 is 0 Å². The lowest BCUT2D eigenvalue weighted by Crippen LogP contribution is -2.64. The Morgan fingerprint density at radius 1 is 1.11 bits per heavy atom. The molecule has 4 heteroatoms. The van der Waals surface area contributed by atoms with Crippen LogP contribution in [0.3, 0.4) is 0 Å². The van der Waals surface area contributed by atoms with Gasteiger partial charge in [-0.2, -0.15) is 0 Å². The highest BCUT2D eigenvalue weighted by atomic mass is 16.2. The third-order valence-electron chi connectivity index (χ3n) is 8.21. The van der Waals surface area contributed by atoms with E-state index in [0.717, 1.165) is 45.4 Å². The maximum atomic E-state index is 13.7. The lowest BCUT2D eigenvalue weighted by atomic mass is 9.37. The summed E-state index contributed by atoms with van der Waals surface area (Å²) in [5.74, 6) is 1.02. The summed E-state index contributed by atoms with van der Waals surface area (Å²) in [7, 11) is 0. The second kappa shape index (κ2) is 6.84. The minimum Gasteiger partial charge on any atom is -0.314 e. The van der Waals surface area contributed by atoms with E-state index in [0.29, 0.717) is 17.2 Å². The fraction of sp³-hybridized carbons (Fsp3) is 0.708. The van der Waals surface area contributed by atoms with Crippen LogP contribution in [0.25, 0.3) is 0 Å². The standard InChI is InChI=1S/C24H35N3O/c1-2-8-22-13-19-14-23(16-22,20-6-4-3-5-7-20)18-24(15-19,17-22)21(28)26-27-11-9-25-10-12-27/h3-7,19,25H,2,8-18H2,1H3,(H,26,28)/t19?,22?,23-,24?/m1/s1. The molecule has 1 aromatic carbocycles. The van der Waals surface area contributed by atoms with Gasteiger partial charge in [-0.25, -0.2) is 5.01 Å². The summed E-state index contributed by atoms with van der Waals surface area (Å²) >= 11 is 0. The number of rotatable bonds is 5. The largest absolute Gasteiger partial charge is 0.314 e. The summed E-state index contributed by atoms with van der Waals surface area (Å²) in [6.45, 7) is 6.07. The van der Waals surface area contributed by atoms with Gasteiger partial charge in [0, 0.05) is 26.2 Å². The van der Waals surface area contributed by atoms with Crippen LogP contribution in [0, 0.1) is 16.7 Å². The van der Waals surface area contributed by atoms with Gasteiger partial charge in [0.25, 0.3) is 0 Å². The van der Waals surface area contributed by atoms with E-state index in [9.17, 15) is 4.79 Å². The summed E-state index contributed by atoms with van der Waals surface area (Å²) in [6, 6.07) is 11.2. The minimum atomic E-state index is -0.171.